The van der Waals surface area contributed by atoms with Gasteiger partial charge in [-0.05, 0) is 43.2 Å². The first-order valence-electron chi connectivity index (χ1n) is 17.3. The van der Waals surface area contributed by atoms with E-state index in [9.17, 15) is 14.4 Å². The molecule has 2 aromatic carbocycles. The molecule has 3 N–H and O–H groups in total. The van der Waals surface area contributed by atoms with Crippen molar-refractivity contribution in [1.82, 2.24) is 35.7 Å². The molecule has 3 unspecified atom stereocenters. The number of thiazole rings is 2. The van der Waals surface area contributed by atoms with Gasteiger partial charge in [0.15, 0.2) is 0 Å². The maximum atomic E-state index is 14.1. The number of morpholine rings is 1. The SMILES string of the molecule is CN(Cc1cncs1)C(=O)NC(CCN1CCOCC1)C(=O)NC(CCC(Cc1ccccc1)NC(=O)OCc1cncs1)Cc1ccccc1. The average molecular weight is 734 g/mol. The highest BCUT2D eigenvalue weighted by Crippen LogP contribution is 2.15. The van der Waals surface area contributed by atoms with E-state index in [2.05, 4.69) is 30.8 Å². The highest BCUT2D eigenvalue weighted by molar-refractivity contribution is 7.09. The van der Waals surface area contributed by atoms with E-state index in [1.165, 1.54) is 22.7 Å². The van der Waals surface area contributed by atoms with Gasteiger partial charge in [0, 0.05) is 56.0 Å². The van der Waals surface area contributed by atoms with E-state index in [1.807, 2.05) is 60.7 Å². The fourth-order valence-corrected chi connectivity index (χ4v) is 7.05. The zero-order valence-electron chi connectivity index (χ0n) is 28.9. The number of amides is 4. The van der Waals surface area contributed by atoms with Crippen molar-refractivity contribution in [2.45, 2.75) is 63.4 Å². The number of aromatic nitrogens is 2. The standard InChI is InChI=1S/C37H47N7O5S2/c1-43(24-32-22-38-26-50-32)36(46)42-34(14-15-44-16-18-48-19-17-44)35(45)40-30(20-28-8-4-2-5-9-28)12-13-31(21-29-10-6-3-7-11-29)41-37(47)49-25-33-23-39-27-51-33/h2-11,22-23,26-27,30-31,34H,12-21,24-25H2,1H3,(H,40,45)(H,41,47)(H,42,46). The van der Waals surface area contributed by atoms with Crippen molar-refractivity contribution in [1.29, 1.82) is 0 Å². The summed E-state index contributed by atoms with van der Waals surface area (Å²) in [6.07, 6.45) is 5.75. The number of ether oxygens (including phenoxy) is 2. The summed E-state index contributed by atoms with van der Waals surface area (Å²) in [6.45, 7) is 4.06. The van der Waals surface area contributed by atoms with Crippen LogP contribution < -0.4 is 16.0 Å². The monoisotopic (exact) mass is 733 g/mol. The van der Waals surface area contributed by atoms with Gasteiger partial charge in [0.1, 0.15) is 12.6 Å². The maximum Gasteiger partial charge on any atom is 0.407 e. The summed E-state index contributed by atoms with van der Waals surface area (Å²) < 4.78 is 11.0. The Labute approximate surface area is 307 Å². The molecule has 1 aliphatic rings. The molecule has 272 valence electrons. The number of alkyl carbamates (subject to hydrolysis) is 1. The Morgan fingerprint density at radius 2 is 1.41 bits per heavy atom. The van der Waals surface area contributed by atoms with Gasteiger partial charge in [0.05, 0.1) is 35.7 Å². The molecule has 0 saturated carbocycles. The summed E-state index contributed by atoms with van der Waals surface area (Å²) in [4.78, 5) is 54.2. The third kappa shape index (κ3) is 13.4. The normalized spacial score (nSPS) is 14.9. The van der Waals surface area contributed by atoms with Gasteiger partial charge in [0.25, 0.3) is 0 Å². The fourth-order valence-electron chi connectivity index (χ4n) is 5.90. The lowest BCUT2D eigenvalue weighted by Crippen LogP contribution is -2.54. The number of carbonyl (C=O) groups is 3. The van der Waals surface area contributed by atoms with Crippen molar-refractivity contribution in [2.75, 3.05) is 39.9 Å². The van der Waals surface area contributed by atoms with Crippen LogP contribution in [0.4, 0.5) is 9.59 Å². The lowest BCUT2D eigenvalue weighted by atomic mass is 9.95. The number of benzene rings is 2. The van der Waals surface area contributed by atoms with Crippen LogP contribution >= 0.6 is 22.7 Å². The van der Waals surface area contributed by atoms with Gasteiger partial charge in [-0.1, -0.05) is 60.7 Å². The van der Waals surface area contributed by atoms with Crippen LogP contribution in [-0.2, 0) is 40.3 Å². The Bertz CT molecular complexity index is 1590. The third-order valence-electron chi connectivity index (χ3n) is 8.69. The summed E-state index contributed by atoms with van der Waals surface area (Å²) in [5.74, 6) is -0.236. The van der Waals surface area contributed by atoms with Crippen LogP contribution in [0.2, 0.25) is 0 Å². The van der Waals surface area contributed by atoms with E-state index in [0.717, 1.165) is 34.0 Å². The van der Waals surface area contributed by atoms with Gasteiger partial charge in [-0.2, -0.15) is 0 Å². The van der Waals surface area contributed by atoms with Crippen LogP contribution in [0, 0.1) is 0 Å². The molecule has 51 heavy (non-hydrogen) atoms. The van der Waals surface area contributed by atoms with Crippen LogP contribution in [0.15, 0.2) is 84.1 Å². The zero-order chi connectivity index (χ0) is 35.7. The zero-order valence-corrected chi connectivity index (χ0v) is 30.6. The first kappa shape index (κ1) is 37.9. The molecule has 0 aliphatic carbocycles. The summed E-state index contributed by atoms with van der Waals surface area (Å²) >= 11 is 2.91. The molecule has 1 saturated heterocycles. The Kier molecular flexibility index (Phi) is 15.2. The van der Waals surface area contributed by atoms with E-state index in [0.29, 0.717) is 58.4 Å². The van der Waals surface area contributed by atoms with Crippen molar-refractivity contribution >= 4 is 40.7 Å². The van der Waals surface area contributed by atoms with Gasteiger partial charge >= 0.3 is 12.1 Å². The second-order valence-electron chi connectivity index (χ2n) is 12.6. The molecule has 2 aromatic heterocycles. The van der Waals surface area contributed by atoms with Crippen molar-refractivity contribution in [2.24, 2.45) is 0 Å². The van der Waals surface area contributed by atoms with E-state index < -0.39 is 12.1 Å². The largest absolute Gasteiger partial charge is 0.444 e. The second kappa shape index (κ2) is 20.5. The Morgan fingerprint density at radius 3 is 2.00 bits per heavy atom. The summed E-state index contributed by atoms with van der Waals surface area (Å²) in [5, 5.41) is 9.36. The number of nitrogens with zero attached hydrogens (tertiary/aromatic N) is 4. The third-order valence-corrected chi connectivity index (χ3v) is 10.2. The molecule has 0 bridgehead atoms. The van der Waals surface area contributed by atoms with E-state index >= 15 is 0 Å². The van der Waals surface area contributed by atoms with E-state index in [4.69, 9.17) is 9.47 Å². The van der Waals surface area contributed by atoms with Crippen molar-refractivity contribution in [3.05, 3.63) is 105 Å². The highest BCUT2D eigenvalue weighted by atomic mass is 32.1. The van der Waals surface area contributed by atoms with Gasteiger partial charge in [-0.15, -0.1) is 22.7 Å². The van der Waals surface area contributed by atoms with Crippen LogP contribution in [0.25, 0.3) is 0 Å². The van der Waals surface area contributed by atoms with Crippen molar-refractivity contribution < 1.29 is 23.9 Å². The minimum atomic E-state index is -0.748. The molecule has 1 aliphatic heterocycles. The van der Waals surface area contributed by atoms with Gasteiger partial charge < -0.3 is 30.3 Å². The lowest BCUT2D eigenvalue weighted by Gasteiger charge is -2.30. The predicted octanol–water partition coefficient (Wildman–Crippen LogP) is 4.88. The maximum absolute atomic E-state index is 14.1. The average Bonchev–Trinajstić information content (AvgIpc) is 3.87. The molecule has 14 heteroatoms. The first-order chi connectivity index (χ1) is 24.9. The number of hydrogen-bond acceptors (Lipinski definition) is 10. The molecule has 1 fully saturated rings. The summed E-state index contributed by atoms with van der Waals surface area (Å²) in [7, 11) is 1.71. The minimum absolute atomic E-state index is 0.151. The number of carbonyl (C=O) groups excluding carboxylic acids is 3. The molecule has 12 nitrogen and oxygen atoms in total. The van der Waals surface area contributed by atoms with Crippen LogP contribution in [0.1, 0.15) is 40.1 Å². The molecule has 0 radical (unpaired) electrons. The molecular weight excluding hydrogens is 687 g/mol. The number of hydrogen-bond donors (Lipinski definition) is 3. The lowest BCUT2D eigenvalue weighted by molar-refractivity contribution is -0.124. The van der Waals surface area contributed by atoms with Crippen LogP contribution in [-0.4, -0.2) is 95.8 Å². The Balaban J connectivity index is 1.27. The minimum Gasteiger partial charge on any atom is -0.444 e. The Morgan fingerprint density at radius 1 is 0.824 bits per heavy atom. The first-order valence-corrected chi connectivity index (χ1v) is 19.0. The number of nitrogens with one attached hydrogen (secondary N) is 3. The predicted molar refractivity (Wildman–Crippen MR) is 198 cm³/mol. The molecule has 4 aromatic rings. The summed E-state index contributed by atoms with van der Waals surface area (Å²) in [5.41, 5.74) is 5.60. The van der Waals surface area contributed by atoms with Gasteiger partial charge in [0.2, 0.25) is 5.91 Å². The quantitative estimate of drug-likeness (QED) is 0.132. The second-order valence-corrected chi connectivity index (χ2v) is 14.6. The van der Waals surface area contributed by atoms with E-state index in [-0.39, 0.29) is 30.6 Å². The van der Waals surface area contributed by atoms with Gasteiger partial charge in [-0.25, -0.2) is 9.59 Å². The smallest absolute Gasteiger partial charge is 0.407 e. The van der Waals surface area contributed by atoms with E-state index in [1.54, 1.807) is 35.4 Å². The molecule has 3 heterocycles. The molecular formula is C37H47N7O5S2. The highest BCUT2D eigenvalue weighted by Gasteiger charge is 2.27. The molecule has 3 atom stereocenters. The molecule has 0 spiro atoms. The van der Waals surface area contributed by atoms with Crippen molar-refractivity contribution in [3.8, 4) is 0 Å². The van der Waals surface area contributed by atoms with Crippen molar-refractivity contribution in [3.63, 3.8) is 0 Å². The van der Waals surface area contributed by atoms with Crippen LogP contribution in [0.3, 0.4) is 0 Å². The summed E-state index contributed by atoms with van der Waals surface area (Å²) in [6, 6.07) is 18.4. The molecule has 4 amide bonds. The van der Waals surface area contributed by atoms with Gasteiger partial charge in [-0.3, -0.25) is 19.7 Å². The molecule has 5 rings (SSSR count). The number of urea groups is 1. The fraction of sp³-hybridized carbons (Fsp3) is 0.432. The van der Waals surface area contributed by atoms with Crippen LogP contribution in [0.5, 0.6) is 0 Å². The Hall–Kier alpha value is -4.37. The number of rotatable bonds is 18. The topological polar surface area (TPSA) is 138 Å².